The van der Waals surface area contributed by atoms with E-state index in [0.29, 0.717) is 36.1 Å². The van der Waals surface area contributed by atoms with Crippen molar-refractivity contribution in [3.8, 4) is 0 Å². The van der Waals surface area contributed by atoms with E-state index in [0.717, 1.165) is 41.5 Å². The molecule has 0 spiro atoms. The Morgan fingerprint density at radius 3 is 2.49 bits per heavy atom. The molecule has 3 aromatic rings. The van der Waals surface area contributed by atoms with Crippen molar-refractivity contribution < 1.29 is 19.1 Å². The zero-order valence-electron chi connectivity index (χ0n) is 28.4. The number of rotatable bonds is 18. The molecule has 0 aliphatic carbocycles. The third-order valence-electron chi connectivity index (χ3n) is 8.06. The molecule has 3 rings (SSSR count). The molecule has 0 bridgehead atoms. The van der Waals surface area contributed by atoms with Gasteiger partial charge in [0.05, 0.1) is 6.10 Å². The average Bonchev–Trinajstić information content (AvgIpc) is 3.07. The zero-order valence-corrected chi connectivity index (χ0v) is 28.4. The number of ether oxygens (including phenoxy) is 1. The molecule has 1 amide bonds. The normalized spacial score (nSPS) is 13.2. The van der Waals surface area contributed by atoms with E-state index < -0.39 is 0 Å². The van der Waals surface area contributed by atoms with Crippen LogP contribution in [0.1, 0.15) is 103 Å². The highest BCUT2D eigenvalue weighted by molar-refractivity contribution is 6.10. The number of nitrogens with two attached hydrogens (primary N) is 1. The summed E-state index contributed by atoms with van der Waals surface area (Å²) in [7, 11) is 1.57. The molecule has 0 aliphatic rings. The summed E-state index contributed by atoms with van der Waals surface area (Å²) < 4.78 is 5.09. The van der Waals surface area contributed by atoms with Crippen molar-refractivity contribution in [1.82, 2.24) is 10.9 Å². The fraction of sp³-hybridized carbons (Fsp3) is 0.325. The Morgan fingerprint density at radius 2 is 1.79 bits per heavy atom. The number of allylic oxidation sites excluding steroid dienone is 4. The van der Waals surface area contributed by atoms with E-state index in [1.807, 2.05) is 45.0 Å². The maximum atomic E-state index is 13.4. The Balaban J connectivity index is 1.56. The number of benzene rings is 3. The number of aryl methyl sites for hydroxylation is 1. The number of fused-ring (bicyclic) bond motifs is 1. The summed E-state index contributed by atoms with van der Waals surface area (Å²) in [6, 6.07) is 17.9. The minimum Gasteiger partial charge on any atom is -0.378 e. The molecule has 1 unspecified atom stereocenters. The fourth-order valence-corrected chi connectivity index (χ4v) is 5.26. The van der Waals surface area contributed by atoms with Crippen LogP contribution >= 0.6 is 0 Å². The van der Waals surface area contributed by atoms with Crippen molar-refractivity contribution in [2.45, 2.75) is 78.4 Å². The van der Waals surface area contributed by atoms with Gasteiger partial charge in [-0.3, -0.25) is 19.8 Å². The van der Waals surface area contributed by atoms with Gasteiger partial charge < -0.3 is 15.9 Å². The second-order valence-electron chi connectivity index (χ2n) is 11.8. The van der Waals surface area contributed by atoms with Crippen LogP contribution in [-0.2, 0) is 16.0 Å². The Hall–Kier alpha value is -4.59. The van der Waals surface area contributed by atoms with Gasteiger partial charge in [-0.15, -0.1) is 0 Å². The Morgan fingerprint density at radius 1 is 1.02 bits per heavy atom. The highest BCUT2D eigenvalue weighted by Gasteiger charge is 2.15. The lowest BCUT2D eigenvalue weighted by Gasteiger charge is -2.13. The minimum atomic E-state index is -0.323. The van der Waals surface area contributed by atoms with E-state index in [-0.39, 0.29) is 29.6 Å². The van der Waals surface area contributed by atoms with Crippen LogP contribution in [0, 0.1) is 0 Å². The standard InChI is InChI=1S/C40H49N3O4/c1-7-32(15-11-9-8-10-14-31-24-34-16-12-13-17-36(34)37(25-31)29(4)41)40(46)35-22-21-33(38(26-35)30(5)44)20-18-27(2)42-43-39(45)23-19-28(3)47-6/h10,12-17,19,21-26,28-29,42H,2,7-9,11,18,20,41H2,1,3-6H3,(H,43,45)/b14-10-,23-19+,32-15?/t28?,29-/m1/s1. The lowest BCUT2D eigenvalue weighted by molar-refractivity contribution is -0.117. The molecular weight excluding hydrogens is 586 g/mol. The third-order valence-corrected chi connectivity index (χ3v) is 8.06. The summed E-state index contributed by atoms with van der Waals surface area (Å²) in [5.74, 6) is -0.482. The van der Waals surface area contributed by atoms with Gasteiger partial charge in [0.1, 0.15) is 0 Å². The second kappa shape index (κ2) is 18.5. The van der Waals surface area contributed by atoms with Gasteiger partial charge in [0.15, 0.2) is 11.6 Å². The van der Waals surface area contributed by atoms with Crippen molar-refractivity contribution in [3.05, 3.63) is 125 Å². The smallest absolute Gasteiger partial charge is 0.262 e. The van der Waals surface area contributed by atoms with Crippen LogP contribution in [0.2, 0.25) is 0 Å². The Labute approximate surface area is 279 Å². The summed E-state index contributed by atoms with van der Waals surface area (Å²) in [4.78, 5) is 37.9. The van der Waals surface area contributed by atoms with E-state index in [9.17, 15) is 14.4 Å². The molecule has 248 valence electrons. The van der Waals surface area contributed by atoms with Gasteiger partial charge in [0, 0.05) is 36.1 Å². The number of amides is 1. The summed E-state index contributed by atoms with van der Waals surface area (Å²) >= 11 is 0. The van der Waals surface area contributed by atoms with Crippen molar-refractivity contribution in [2.24, 2.45) is 5.73 Å². The van der Waals surface area contributed by atoms with Gasteiger partial charge in [0.2, 0.25) is 0 Å². The second-order valence-corrected chi connectivity index (χ2v) is 11.8. The number of hydrogen-bond donors (Lipinski definition) is 3. The highest BCUT2D eigenvalue weighted by atomic mass is 16.5. The Bertz CT molecular complexity index is 1670. The monoisotopic (exact) mass is 635 g/mol. The van der Waals surface area contributed by atoms with Crippen LogP contribution in [0.25, 0.3) is 16.8 Å². The van der Waals surface area contributed by atoms with Crippen LogP contribution in [0.15, 0.2) is 96.8 Å². The fourth-order valence-electron chi connectivity index (χ4n) is 5.26. The highest BCUT2D eigenvalue weighted by Crippen LogP contribution is 2.26. The average molecular weight is 636 g/mol. The number of nitrogens with one attached hydrogen (secondary N) is 2. The van der Waals surface area contributed by atoms with Gasteiger partial charge >= 0.3 is 0 Å². The van der Waals surface area contributed by atoms with Crippen LogP contribution < -0.4 is 16.6 Å². The van der Waals surface area contributed by atoms with Crippen LogP contribution in [0.5, 0.6) is 0 Å². The summed E-state index contributed by atoms with van der Waals surface area (Å²) in [6.07, 6.45) is 13.4. The van der Waals surface area contributed by atoms with E-state index in [1.165, 1.54) is 23.8 Å². The lowest BCUT2D eigenvalue weighted by atomic mass is 9.93. The first-order valence-corrected chi connectivity index (χ1v) is 16.3. The van der Waals surface area contributed by atoms with Crippen molar-refractivity contribution in [3.63, 3.8) is 0 Å². The Kier molecular flexibility index (Phi) is 14.5. The van der Waals surface area contributed by atoms with E-state index in [4.69, 9.17) is 10.5 Å². The van der Waals surface area contributed by atoms with Crippen LogP contribution in [0.4, 0.5) is 0 Å². The number of unbranched alkanes of at least 4 members (excludes halogenated alkanes) is 2. The van der Waals surface area contributed by atoms with E-state index in [1.54, 1.807) is 25.3 Å². The van der Waals surface area contributed by atoms with Crippen LogP contribution in [-0.4, -0.2) is 30.7 Å². The summed E-state index contributed by atoms with van der Waals surface area (Å²) in [5.41, 5.74) is 17.1. The van der Waals surface area contributed by atoms with Gasteiger partial charge in [-0.1, -0.05) is 74.2 Å². The van der Waals surface area contributed by atoms with Gasteiger partial charge in [-0.2, -0.15) is 0 Å². The molecule has 7 heteroatoms. The molecule has 47 heavy (non-hydrogen) atoms. The lowest BCUT2D eigenvalue weighted by Crippen LogP contribution is -2.35. The largest absolute Gasteiger partial charge is 0.378 e. The predicted molar refractivity (Wildman–Crippen MR) is 193 cm³/mol. The van der Waals surface area contributed by atoms with Gasteiger partial charge in [-0.25, -0.2) is 0 Å². The molecule has 0 saturated heterocycles. The first-order valence-electron chi connectivity index (χ1n) is 16.3. The molecule has 0 saturated carbocycles. The first-order chi connectivity index (χ1) is 22.5. The number of methoxy groups -OCH3 is 1. The predicted octanol–water partition coefficient (Wildman–Crippen LogP) is 8.12. The maximum absolute atomic E-state index is 13.4. The number of carbonyl (C=O) groups excluding carboxylic acids is 3. The van der Waals surface area contributed by atoms with Crippen LogP contribution in [0.3, 0.4) is 0 Å². The minimum absolute atomic E-state index is 0.0483. The molecular formula is C40H49N3O4. The molecule has 0 aliphatic heterocycles. The number of Topliss-reactive ketones (excluding diaryl/α,β-unsaturated/α-hetero) is 2. The topological polar surface area (TPSA) is 111 Å². The number of hydrogen-bond acceptors (Lipinski definition) is 6. The van der Waals surface area contributed by atoms with Crippen molar-refractivity contribution in [2.75, 3.05) is 7.11 Å². The number of hydrazine groups is 1. The molecule has 4 N–H and O–H groups in total. The molecule has 0 heterocycles. The molecule has 0 aromatic heterocycles. The molecule has 7 nitrogen and oxygen atoms in total. The molecule has 3 aromatic carbocycles. The van der Waals surface area contributed by atoms with E-state index in [2.05, 4.69) is 53.8 Å². The SMILES string of the molecule is C=C(CCc1ccc(C(=O)C(=CCCC/C=C\c2cc([C@@H](C)N)c3ccccc3c2)CC)cc1C(C)=O)NNC(=O)/C=C/C(C)OC. The maximum Gasteiger partial charge on any atom is 0.262 e. The third kappa shape index (κ3) is 11.3. The summed E-state index contributed by atoms with van der Waals surface area (Å²) in [6.45, 7) is 11.3. The molecule has 2 atom stereocenters. The van der Waals surface area contributed by atoms with Gasteiger partial charge in [0.25, 0.3) is 5.91 Å². The molecule has 0 radical (unpaired) electrons. The zero-order chi connectivity index (χ0) is 34.3. The number of carbonyl (C=O) groups is 3. The van der Waals surface area contributed by atoms with Gasteiger partial charge in [-0.05, 0) is 111 Å². The van der Waals surface area contributed by atoms with E-state index >= 15 is 0 Å². The van der Waals surface area contributed by atoms with Crippen molar-refractivity contribution in [1.29, 1.82) is 0 Å². The quantitative estimate of drug-likeness (QED) is 0.0564. The summed E-state index contributed by atoms with van der Waals surface area (Å²) in [5, 5.41) is 2.37. The molecule has 0 fully saturated rings. The van der Waals surface area contributed by atoms with Crippen molar-refractivity contribution >= 4 is 34.3 Å². The first kappa shape index (κ1) is 36.9. The number of ketones is 2.